The minimum Gasteiger partial charge on any atom is -0.478 e. The van der Waals surface area contributed by atoms with Gasteiger partial charge in [0.25, 0.3) is 0 Å². The Morgan fingerprint density at radius 2 is 0.792 bits per heavy atom. The normalized spacial score (nSPS) is 13.2. The number of carbonyl (C=O) groups is 4. The Morgan fingerprint density at radius 3 is 1.04 bits per heavy atom. The number of carboxylic acid groups (broad SMARTS) is 4. The van der Waals surface area contributed by atoms with Crippen molar-refractivity contribution in [1.29, 1.82) is 0 Å². The molecule has 2 aliphatic rings. The molecule has 0 heterocycles. The highest BCUT2D eigenvalue weighted by atomic mass is 16.4. The zero-order valence-electron chi connectivity index (χ0n) is 11.8. The first kappa shape index (κ1) is 14.2. The summed E-state index contributed by atoms with van der Waals surface area (Å²) in [4.78, 5) is 46.5. The van der Waals surface area contributed by atoms with Gasteiger partial charge in [-0.05, 0) is 35.1 Å². The number of benzene rings is 2. The smallest absolute Gasteiger partial charge is 0.337 e. The lowest BCUT2D eigenvalue weighted by Gasteiger charge is -2.14. The zero-order chi connectivity index (χ0) is 17.5. The zero-order valence-corrected chi connectivity index (χ0v) is 11.8. The van der Waals surface area contributed by atoms with Gasteiger partial charge in [-0.3, -0.25) is 0 Å². The van der Waals surface area contributed by atoms with Gasteiger partial charge in [0.05, 0.1) is 22.3 Å². The van der Waals surface area contributed by atoms with Crippen LogP contribution in [0.25, 0.3) is 10.8 Å². The van der Waals surface area contributed by atoms with Gasteiger partial charge in [-0.25, -0.2) is 19.2 Å². The summed E-state index contributed by atoms with van der Waals surface area (Å²) in [5.74, 6) is -6.75. The molecule has 0 atom stereocenters. The van der Waals surface area contributed by atoms with E-state index in [9.17, 15) is 39.6 Å². The number of aromatic carboxylic acids is 4. The van der Waals surface area contributed by atoms with Gasteiger partial charge in [-0.1, -0.05) is 0 Å². The molecule has 2 aromatic carbocycles. The molecular weight excluding hydrogens is 320 g/mol. The van der Waals surface area contributed by atoms with Crippen molar-refractivity contribution in [3.05, 3.63) is 44.5 Å². The van der Waals surface area contributed by atoms with Gasteiger partial charge < -0.3 is 20.4 Å². The Kier molecular flexibility index (Phi) is 2.43. The Labute approximate surface area is 132 Å². The first-order valence-corrected chi connectivity index (χ1v) is 6.88. The van der Waals surface area contributed by atoms with Crippen molar-refractivity contribution in [3.8, 4) is 0 Å². The molecule has 0 saturated carbocycles. The fraction of sp³-hybridized carbons (Fsp3) is 0.125. The summed E-state index contributed by atoms with van der Waals surface area (Å²) in [6, 6.07) is 0. The van der Waals surface area contributed by atoms with Crippen molar-refractivity contribution in [1.82, 2.24) is 0 Å². The summed E-state index contributed by atoms with van der Waals surface area (Å²) in [6.07, 6.45) is 0.938. The molecule has 4 rings (SSSR count). The lowest BCUT2D eigenvalue weighted by molar-refractivity contribution is 0.0621. The van der Waals surface area contributed by atoms with Crippen LogP contribution in [0, 0.1) is 0 Å². The van der Waals surface area contributed by atoms with Crippen molar-refractivity contribution in [2.24, 2.45) is 0 Å². The van der Waals surface area contributed by atoms with Gasteiger partial charge in [0.1, 0.15) is 0 Å². The number of carboxylic acids is 4. The van der Waals surface area contributed by atoms with Crippen LogP contribution in [-0.2, 0) is 12.8 Å². The quantitative estimate of drug-likeness (QED) is 0.439. The maximum absolute atomic E-state index is 11.7. The Balaban J connectivity index is 2.36. The van der Waals surface area contributed by atoms with Crippen LogP contribution >= 0.6 is 0 Å². The summed E-state index contributed by atoms with van der Waals surface area (Å²) < 4.78 is 0. The van der Waals surface area contributed by atoms with Crippen molar-refractivity contribution < 1.29 is 39.6 Å². The highest BCUT2D eigenvalue weighted by Gasteiger charge is 2.43. The molecule has 0 spiro atoms. The largest absolute Gasteiger partial charge is 0.478 e. The van der Waals surface area contributed by atoms with Gasteiger partial charge >= 0.3 is 23.9 Å². The predicted molar refractivity (Wildman–Crippen MR) is 77.4 cm³/mol. The van der Waals surface area contributed by atoms with Crippen molar-refractivity contribution in [3.63, 3.8) is 0 Å². The van der Waals surface area contributed by atoms with Crippen LogP contribution in [0.4, 0.5) is 0 Å². The SMILES string of the molecule is O=C(O)c1c(C(=O)O)c(C(=O)O)c2c3c(c4c(c2c1C(=O)O)C4)C3. The fourth-order valence-electron chi connectivity index (χ4n) is 3.53. The van der Waals surface area contributed by atoms with E-state index in [4.69, 9.17) is 0 Å². The molecule has 8 nitrogen and oxygen atoms in total. The molecule has 0 unspecified atom stereocenters. The van der Waals surface area contributed by atoms with Crippen LogP contribution in [-0.4, -0.2) is 44.3 Å². The second kappa shape index (κ2) is 4.10. The van der Waals surface area contributed by atoms with E-state index in [2.05, 4.69) is 0 Å². The third kappa shape index (κ3) is 1.56. The fourth-order valence-corrected chi connectivity index (χ4v) is 3.53. The standard InChI is InChI=1S/C16H8O8/c17-13(18)9-7-5-1-3(5)4-2-6(4)8(7)10(14(19)20)12(16(23)24)11(9)15(21)22/h1-2H2,(H,17,18)(H,19,20)(H,21,22)(H,23,24). The Morgan fingerprint density at radius 1 is 0.500 bits per heavy atom. The third-order valence-corrected chi connectivity index (χ3v) is 4.51. The van der Waals surface area contributed by atoms with Crippen LogP contribution in [0.3, 0.4) is 0 Å². The topological polar surface area (TPSA) is 149 Å². The van der Waals surface area contributed by atoms with Crippen molar-refractivity contribution >= 4 is 34.6 Å². The number of fused-ring (bicyclic) bond motifs is 6. The first-order valence-electron chi connectivity index (χ1n) is 6.88. The van der Waals surface area contributed by atoms with Crippen molar-refractivity contribution in [2.45, 2.75) is 12.8 Å². The van der Waals surface area contributed by atoms with E-state index in [1.807, 2.05) is 0 Å². The van der Waals surface area contributed by atoms with Crippen molar-refractivity contribution in [2.75, 3.05) is 0 Å². The summed E-state index contributed by atoms with van der Waals surface area (Å²) in [6.45, 7) is 0. The monoisotopic (exact) mass is 328 g/mol. The maximum atomic E-state index is 11.7. The van der Waals surface area contributed by atoms with E-state index in [-0.39, 0.29) is 10.8 Å². The van der Waals surface area contributed by atoms with Crippen LogP contribution < -0.4 is 0 Å². The molecule has 24 heavy (non-hydrogen) atoms. The maximum Gasteiger partial charge on any atom is 0.337 e. The van der Waals surface area contributed by atoms with Crippen LogP contribution in [0.2, 0.25) is 0 Å². The second-order valence-corrected chi connectivity index (χ2v) is 5.74. The Hall–Kier alpha value is -3.42. The summed E-state index contributed by atoms with van der Waals surface area (Å²) >= 11 is 0. The average molecular weight is 328 g/mol. The second-order valence-electron chi connectivity index (χ2n) is 5.74. The summed E-state index contributed by atoms with van der Waals surface area (Å²) in [5.41, 5.74) is -0.261. The minimum atomic E-state index is -1.78. The van der Waals surface area contributed by atoms with Gasteiger partial charge in [-0.2, -0.15) is 0 Å². The first-order chi connectivity index (χ1) is 11.3. The molecule has 4 N–H and O–H groups in total. The minimum absolute atomic E-state index is 0.0496. The van der Waals surface area contributed by atoms with E-state index < -0.39 is 46.1 Å². The van der Waals surface area contributed by atoms with Crippen LogP contribution in [0.15, 0.2) is 0 Å². The van der Waals surface area contributed by atoms with Gasteiger partial charge in [-0.15, -0.1) is 0 Å². The van der Waals surface area contributed by atoms with Crippen LogP contribution in [0.1, 0.15) is 63.7 Å². The predicted octanol–water partition coefficient (Wildman–Crippen LogP) is 1.44. The third-order valence-electron chi connectivity index (χ3n) is 4.51. The van der Waals surface area contributed by atoms with E-state index in [1.165, 1.54) is 0 Å². The lowest BCUT2D eigenvalue weighted by atomic mass is 9.88. The molecule has 0 aliphatic heterocycles. The number of hydrogen-bond donors (Lipinski definition) is 4. The Bertz CT molecular complexity index is 976. The molecule has 0 saturated heterocycles. The summed E-state index contributed by atoms with van der Waals surface area (Å²) in [7, 11) is 0. The molecule has 0 amide bonds. The molecule has 0 aromatic heterocycles. The molecule has 120 valence electrons. The van der Waals surface area contributed by atoms with E-state index in [0.29, 0.717) is 24.0 Å². The molecule has 2 aromatic rings. The van der Waals surface area contributed by atoms with Gasteiger partial charge in [0.15, 0.2) is 0 Å². The molecule has 2 aliphatic carbocycles. The molecular formula is C16H8O8. The van der Waals surface area contributed by atoms with E-state index in [0.717, 1.165) is 11.1 Å². The number of hydrogen-bond acceptors (Lipinski definition) is 4. The summed E-state index contributed by atoms with van der Waals surface area (Å²) in [5, 5.41) is 37.9. The van der Waals surface area contributed by atoms with E-state index in [1.54, 1.807) is 0 Å². The highest BCUT2D eigenvalue weighted by molar-refractivity contribution is 6.26. The number of rotatable bonds is 4. The molecule has 0 bridgehead atoms. The highest BCUT2D eigenvalue weighted by Crippen LogP contribution is 2.52. The average Bonchev–Trinajstić information content (AvgIpc) is 3.33. The van der Waals surface area contributed by atoms with Crippen LogP contribution in [0.5, 0.6) is 0 Å². The van der Waals surface area contributed by atoms with Gasteiger partial charge in [0, 0.05) is 10.8 Å². The van der Waals surface area contributed by atoms with Gasteiger partial charge in [0.2, 0.25) is 0 Å². The molecule has 0 radical (unpaired) electrons. The van der Waals surface area contributed by atoms with E-state index >= 15 is 0 Å². The molecule has 8 heteroatoms. The molecule has 0 fully saturated rings. The lowest BCUT2D eigenvalue weighted by Crippen LogP contribution is -2.20.